The largest absolute Gasteiger partial charge is 0.198 e. The van der Waals surface area contributed by atoms with Crippen LogP contribution in [0.4, 0.5) is 0 Å². The van der Waals surface area contributed by atoms with Crippen LogP contribution in [-0.4, -0.2) is 0 Å². The van der Waals surface area contributed by atoms with E-state index >= 15 is 0 Å². The smallest absolute Gasteiger partial charge is 0.0669 e. The van der Waals surface area contributed by atoms with Crippen LogP contribution in [-0.2, 0) is 0 Å². The molecule has 0 spiro atoms. The second kappa shape index (κ2) is 4.00. The van der Waals surface area contributed by atoms with Gasteiger partial charge in [-0.05, 0) is 11.6 Å². The average Bonchev–Trinajstić information content (AvgIpc) is 2.17. The molecule has 0 aromatic carbocycles. The number of hydrogen-bond donors (Lipinski definition) is 0. The average molecular weight is 166 g/mol. The van der Waals surface area contributed by atoms with Gasteiger partial charge in [0, 0.05) is 11.5 Å². The molecule has 1 nitrogen and oxygen atoms in total. The number of hydrogen-bond acceptors (Lipinski definition) is 1. The third-order valence-electron chi connectivity index (χ3n) is 1.43. The van der Waals surface area contributed by atoms with Gasteiger partial charge in [0.1, 0.15) is 0 Å². The van der Waals surface area contributed by atoms with Gasteiger partial charge in [-0.2, -0.15) is 5.26 Å². The molecule has 0 radical (unpaired) electrons. The molecular weight excluding hydrogens is 158 g/mol. The summed E-state index contributed by atoms with van der Waals surface area (Å²) in [5, 5.41) is 9.22. The van der Waals surface area contributed by atoms with Crippen molar-refractivity contribution in [2.45, 2.75) is 12.8 Å². The van der Waals surface area contributed by atoms with E-state index in [0.29, 0.717) is 6.42 Å². The predicted octanol–water partition coefficient (Wildman–Crippen LogP) is 2.91. The van der Waals surface area contributed by atoms with Crippen LogP contribution in [0.3, 0.4) is 0 Å². The molecule has 2 heteroatoms. The molecule has 0 N–H and O–H groups in total. The summed E-state index contributed by atoms with van der Waals surface area (Å²) in [5.41, 5.74) is 1.04. The summed E-state index contributed by atoms with van der Waals surface area (Å²) in [7, 11) is 0. The fourth-order valence-corrected chi connectivity index (χ4v) is 1.01. The lowest BCUT2D eigenvalue weighted by Crippen LogP contribution is -1.74. The van der Waals surface area contributed by atoms with Crippen LogP contribution >= 0.6 is 11.6 Å². The summed E-state index contributed by atoms with van der Waals surface area (Å²) in [5.74, 6) is 0. The third kappa shape index (κ3) is 2.61. The lowest BCUT2D eigenvalue weighted by atomic mass is 10.2. The van der Waals surface area contributed by atoms with Crippen LogP contribution < -0.4 is 0 Å². The molecule has 0 heterocycles. The van der Waals surface area contributed by atoms with E-state index in [2.05, 4.69) is 6.07 Å². The third-order valence-corrected chi connectivity index (χ3v) is 1.71. The van der Waals surface area contributed by atoms with Gasteiger partial charge in [-0.25, -0.2) is 0 Å². The molecular formula is C9H8ClN. The van der Waals surface area contributed by atoms with Crippen molar-refractivity contribution in [1.29, 1.82) is 5.26 Å². The molecule has 0 bridgehead atoms. The summed E-state index contributed by atoms with van der Waals surface area (Å²) in [6.07, 6.45) is 8.82. The molecule has 0 aromatic heterocycles. The van der Waals surface area contributed by atoms with Gasteiger partial charge in [0.15, 0.2) is 0 Å². The molecule has 0 fully saturated rings. The molecule has 0 aliphatic heterocycles. The van der Waals surface area contributed by atoms with Crippen LogP contribution in [0.5, 0.6) is 0 Å². The Bertz CT molecular complexity index is 266. The van der Waals surface area contributed by atoms with Gasteiger partial charge in [-0.1, -0.05) is 29.8 Å². The minimum atomic E-state index is 0.467. The molecule has 0 atom stereocenters. The number of nitrogens with zero attached hydrogens (tertiary/aromatic N) is 1. The Morgan fingerprint density at radius 2 is 2.45 bits per heavy atom. The monoisotopic (exact) mass is 165 g/mol. The van der Waals surface area contributed by atoms with E-state index in [1.807, 2.05) is 24.3 Å². The van der Waals surface area contributed by atoms with Crippen molar-refractivity contribution in [3.63, 3.8) is 0 Å². The molecule has 11 heavy (non-hydrogen) atoms. The highest BCUT2D eigenvalue weighted by molar-refractivity contribution is 6.29. The topological polar surface area (TPSA) is 23.8 Å². The maximum Gasteiger partial charge on any atom is 0.0669 e. The minimum absolute atomic E-state index is 0.467. The van der Waals surface area contributed by atoms with Gasteiger partial charge in [-0.15, -0.1) is 0 Å². The van der Waals surface area contributed by atoms with E-state index in [9.17, 15) is 0 Å². The second-order valence-electron chi connectivity index (χ2n) is 2.29. The van der Waals surface area contributed by atoms with Crippen LogP contribution in [0.2, 0.25) is 0 Å². The molecule has 0 aromatic rings. The van der Waals surface area contributed by atoms with Gasteiger partial charge < -0.3 is 0 Å². The lowest BCUT2D eigenvalue weighted by Gasteiger charge is -1.90. The summed E-state index contributed by atoms with van der Waals surface area (Å²) < 4.78 is 0. The molecule has 0 saturated carbocycles. The van der Waals surface area contributed by atoms with Crippen molar-refractivity contribution in [1.82, 2.24) is 0 Å². The van der Waals surface area contributed by atoms with Crippen molar-refractivity contribution in [2.24, 2.45) is 0 Å². The van der Waals surface area contributed by atoms with E-state index < -0.39 is 0 Å². The van der Waals surface area contributed by atoms with Crippen molar-refractivity contribution in [2.75, 3.05) is 0 Å². The van der Waals surface area contributed by atoms with Gasteiger partial charge in [0.25, 0.3) is 0 Å². The Balaban J connectivity index is 2.68. The fraction of sp³-hybridized carbons (Fsp3) is 0.222. The van der Waals surface area contributed by atoms with E-state index in [4.69, 9.17) is 16.9 Å². The number of halogens is 1. The second-order valence-corrected chi connectivity index (χ2v) is 2.78. The summed E-state index contributed by atoms with van der Waals surface area (Å²) in [6, 6.07) is 2.09. The molecule has 56 valence electrons. The first-order chi connectivity index (χ1) is 5.33. The van der Waals surface area contributed by atoms with Crippen LogP contribution in [0.25, 0.3) is 0 Å². The normalized spacial score (nSPS) is 16.4. The molecule has 0 amide bonds. The van der Waals surface area contributed by atoms with E-state index in [1.54, 1.807) is 0 Å². The summed E-state index contributed by atoms with van der Waals surface area (Å²) in [6.45, 7) is 0. The zero-order chi connectivity index (χ0) is 8.10. The highest BCUT2D eigenvalue weighted by Crippen LogP contribution is 2.16. The minimum Gasteiger partial charge on any atom is -0.198 e. The SMILES string of the molecule is N#CCC1=CCC(Cl)=CC=C1. The van der Waals surface area contributed by atoms with Crippen molar-refractivity contribution < 1.29 is 0 Å². The maximum absolute atomic E-state index is 8.40. The van der Waals surface area contributed by atoms with Crippen molar-refractivity contribution in [3.05, 3.63) is 34.9 Å². The lowest BCUT2D eigenvalue weighted by molar-refractivity contribution is 1.23. The van der Waals surface area contributed by atoms with E-state index in [0.717, 1.165) is 17.0 Å². The fourth-order valence-electron chi connectivity index (χ4n) is 0.863. The molecule has 1 aliphatic carbocycles. The first kappa shape index (κ1) is 8.10. The predicted molar refractivity (Wildman–Crippen MR) is 46.0 cm³/mol. The first-order valence-electron chi connectivity index (χ1n) is 3.41. The number of allylic oxidation sites excluding steroid dienone is 6. The standard InChI is InChI=1S/C9H8ClN/c10-9-3-1-2-8(4-5-9)6-7-11/h1-4H,5-6H2. The number of rotatable bonds is 1. The Hall–Kier alpha value is -1.00. The molecule has 0 saturated heterocycles. The molecule has 0 unspecified atom stereocenters. The quantitative estimate of drug-likeness (QED) is 0.586. The van der Waals surface area contributed by atoms with Crippen molar-refractivity contribution in [3.8, 4) is 6.07 Å². The molecule has 1 aliphatic rings. The van der Waals surface area contributed by atoms with Crippen LogP contribution in [0, 0.1) is 11.3 Å². The first-order valence-corrected chi connectivity index (χ1v) is 3.79. The Morgan fingerprint density at radius 1 is 1.64 bits per heavy atom. The van der Waals surface area contributed by atoms with Crippen molar-refractivity contribution >= 4 is 11.6 Å². The zero-order valence-corrected chi connectivity index (χ0v) is 6.80. The summed E-state index contributed by atoms with van der Waals surface area (Å²) in [4.78, 5) is 0. The highest BCUT2D eigenvalue weighted by atomic mass is 35.5. The van der Waals surface area contributed by atoms with E-state index in [-0.39, 0.29) is 0 Å². The zero-order valence-electron chi connectivity index (χ0n) is 6.05. The molecule has 1 rings (SSSR count). The Kier molecular flexibility index (Phi) is 2.95. The summed E-state index contributed by atoms with van der Waals surface area (Å²) >= 11 is 5.77. The van der Waals surface area contributed by atoms with Gasteiger partial charge in [0.05, 0.1) is 12.5 Å². The van der Waals surface area contributed by atoms with Gasteiger partial charge >= 0.3 is 0 Å². The Labute approximate surface area is 71.3 Å². The Morgan fingerprint density at radius 3 is 3.18 bits per heavy atom. The van der Waals surface area contributed by atoms with E-state index in [1.165, 1.54) is 0 Å². The number of nitriles is 1. The van der Waals surface area contributed by atoms with Gasteiger partial charge in [-0.3, -0.25) is 0 Å². The highest BCUT2D eigenvalue weighted by Gasteiger charge is 1.95. The van der Waals surface area contributed by atoms with Gasteiger partial charge in [0.2, 0.25) is 0 Å². The van der Waals surface area contributed by atoms with Crippen LogP contribution in [0.1, 0.15) is 12.8 Å². The van der Waals surface area contributed by atoms with Crippen LogP contribution in [0.15, 0.2) is 34.9 Å². The maximum atomic E-state index is 8.40.